The van der Waals surface area contributed by atoms with Crippen molar-refractivity contribution in [2.24, 2.45) is 0 Å². The number of aryl methyl sites for hydroxylation is 2. The van der Waals surface area contributed by atoms with Crippen molar-refractivity contribution in [3.8, 4) is 0 Å². The van der Waals surface area contributed by atoms with Gasteiger partial charge in [0.2, 0.25) is 16.2 Å². The van der Waals surface area contributed by atoms with Crippen molar-refractivity contribution in [2.45, 2.75) is 45.1 Å². The zero-order valence-electron chi connectivity index (χ0n) is 21.5. The van der Waals surface area contributed by atoms with Crippen LogP contribution in [-0.2, 0) is 37.0 Å². The third-order valence-corrected chi connectivity index (χ3v) is 7.84. The normalized spacial score (nSPS) is 11.0. The first-order valence-corrected chi connectivity index (χ1v) is 14.6. The number of unbranched alkanes of at least 4 members (excludes halogenated alkanes) is 1. The molecule has 2 aromatic carbocycles. The smallest absolute Gasteiger partial charge is 0.230 e. The first-order valence-electron chi connectivity index (χ1n) is 13.0. The molecule has 0 unspecified atom stereocenters. The maximum Gasteiger partial charge on any atom is 0.230 e. The molecular weight excluding hydrogens is 528 g/mol. The minimum absolute atomic E-state index is 0.0987. The molecule has 0 spiro atoms. The van der Waals surface area contributed by atoms with Gasteiger partial charge >= 0.3 is 0 Å². The predicted molar refractivity (Wildman–Crippen MR) is 155 cm³/mol. The molecule has 2 N–H and O–H groups in total. The monoisotopic (exact) mass is 558 g/mol. The van der Waals surface area contributed by atoms with Gasteiger partial charge in [0.05, 0.1) is 13.0 Å². The van der Waals surface area contributed by atoms with E-state index in [2.05, 4.69) is 60.4 Å². The highest BCUT2D eigenvalue weighted by molar-refractivity contribution is 7.15. The lowest BCUT2D eigenvalue weighted by molar-refractivity contribution is -0.115. The first-order chi connectivity index (χ1) is 19.2. The fourth-order valence-electron chi connectivity index (χ4n) is 4.11. The Morgan fingerprint density at radius 3 is 2.26 bits per heavy atom. The molecule has 3 heterocycles. The average Bonchev–Trinajstić information content (AvgIpc) is 3.71. The van der Waals surface area contributed by atoms with E-state index in [1.165, 1.54) is 16.9 Å². The summed E-state index contributed by atoms with van der Waals surface area (Å²) in [4.78, 5) is 12.6. The zero-order valence-corrected chi connectivity index (χ0v) is 23.1. The summed E-state index contributed by atoms with van der Waals surface area (Å²) in [5, 5.41) is 30.8. The van der Waals surface area contributed by atoms with Crippen molar-refractivity contribution in [1.29, 1.82) is 0 Å². The van der Waals surface area contributed by atoms with E-state index in [-0.39, 0.29) is 12.3 Å². The van der Waals surface area contributed by atoms with E-state index in [4.69, 9.17) is 0 Å². The van der Waals surface area contributed by atoms with Crippen molar-refractivity contribution in [2.75, 3.05) is 17.2 Å². The minimum atomic E-state index is -0.0987. The molecule has 0 aliphatic rings. The Balaban J connectivity index is 0.994. The van der Waals surface area contributed by atoms with E-state index in [0.717, 1.165) is 64.9 Å². The van der Waals surface area contributed by atoms with Gasteiger partial charge in [-0.05, 0) is 42.0 Å². The first kappa shape index (κ1) is 26.6. The fourth-order valence-corrected chi connectivity index (χ4v) is 5.71. The molecule has 0 bridgehead atoms. The maximum absolute atomic E-state index is 12.6. The van der Waals surface area contributed by atoms with E-state index in [9.17, 15) is 4.79 Å². The van der Waals surface area contributed by atoms with Crippen LogP contribution in [0.2, 0.25) is 0 Å². The van der Waals surface area contributed by atoms with Crippen LogP contribution in [0.25, 0.3) is 0 Å². The van der Waals surface area contributed by atoms with Gasteiger partial charge in [-0.1, -0.05) is 77.3 Å². The van der Waals surface area contributed by atoms with Crippen molar-refractivity contribution in [3.63, 3.8) is 0 Å². The Hall–Kier alpha value is -3.96. The van der Waals surface area contributed by atoms with Gasteiger partial charge < -0.3 is 10.6 Å². The number of carbonyl (C=O) groups excluding carboxylic acids is 1. The lowest BCUT2D eigenvalue weighted by atomic mass is 10.1. The molecule has 1 amide bonds. The number of hydrogen-bond acceptors (Lipinski definition) is 9. The average molecular weight is 559 g/mol. The van der Waals surface area contributed by atoms with Crippen LogP contribution in [0.3, 0.4) is 0 Å². The minimum Gasteiger partial charge on any atom is -0.360 e. The van der Waals surface area contributed by atoms with Crippen LogP contribution < -0.4 is 10.6 Å². The summed E-state index contributed by atoms with van der Waals surface area (Å²) in [5.41, 5.74) is 3.36. The Morgan fingerprint density at radius 2 is 1.49 bits per heavy atom. The molecule has 0 saturated heterocycles. The number of nitrogens with one attached hydrogen (secondary N) is 2. The van der Waals surface area contributed by atoms with E-state index in [0.29, 0.717) is 11.7 Å². The second kappa shape index (κ2) is 13.7. The highest BCUT2D eigenvalue weighted by Crippen LogP contribution is 2.20. The molecule has 0 aliphatic carbocycles. The van der Waals surface area contributed by atoms with E-state index in [1.54, 1.807) is 17.5 Å². The largest absolute Gasteiger partial charge is 0.360 e. The molecule has 11 heteroatoms. The molecule has 3 aromatic heterocycles. The number of aromatic nitrogens is 6. The van der Waals surface area contributed by atoms with Crippen LogP contribution in [0, 0.1) is 0 Å². The van der Waals surface area contributed by atoms with Crippen LogP contribution in [0.1, 0.15) is 39.5 Å². The standard InChI is InChI=1S/C28H30N8OS2/c37-24(19-22-10-6-11-23(18-22)20-36-17-7-15-30-36)31-28-35-33-26(39-28)13-5-4-12-25-32-34-27(38-25)29-16-14-21-8-2-1-3-9-21/h1-3,6-11,15,17-18H,4-5,12-14,16,19-20H2,(H,29,34)(H,31,35,37). The highest BCUT2D eigenvalue weighted by Gasteiger charge is 2.10. The summed E-state index contributed by atoms with van der Waals surface area (Å²) < 4.78 is 1.86. The third-order valence-electron chi connectivity index (χ3n) is 6.00. The molecule has 5 rings (SSSR count). The van der Waals surface area contributed by atoms with Crippen LogP contribution in [0.5, 0.6) is 0 Å². The highest BCUT2D eigenvalue weighted by atomic mass is 32.1. The molecule has 0 atom stereocenters. The van der Waals surface area contributed by atoms with Crippen LogP contribution in [-0.4, -0.2) is 42.6 Å². The van der Waals surface area contributed by atoms with Crippen molar-refractivity contribution in [1.82, 2.24) is 30.2 Å². The summed E-state index contributed by atoms with van der Waals surface area (Å²) in [6.07, 6.45) is 8.60. The second-order valence-electron chi connectivity index (χ2n) is 9.12. The topological polar surface area (TPSA) is 111 Å². The van der Waals surface area contributed by atoms with Gasteiger partial charge in [0.25, 0.3) is 0 Å². The maximum atomic E-state index is 12.6. The Bertz CT molecular complexity index is 1450. The van der Waals surface area contributed by atoms with E-state index >= 15 is 0 Å². The molecule has 39 heavy (non-hydrogen) atoms. The molecule has 200 valence electrons. The number of rotatable bonds is 14. The summed E-state index contributed by atoms with van der Waals surface area (Å²) in [6.45, 7) is 1.52. The van der Waals surface area contributed by atoms with Crippen molar-refractivity contribution in [3.05, 3.63) is 99.8 Å². The summed E-state index contributed by atoms with van der Waals surface area (Å²) in [7, 11) is 0. The van der Waals surface area contributed by atoms with Crippen LogP contribution >= 0.6 is 22.7 Å². The quantitative estimate of drug-likeness (QED) is 0.184. The number of carbonyl (C=O) groups is 1. The number of benzene rings is 2. The molecule has 0 saturated carbocycles. The lowest BCUT2D eigenvalue weighted by Gasteiger charge is -2.06. The fraction of sp³-hybridized carbons (Fsp3) is 0.286. The van der Waals surface area contributed by atoms with Gasteiger partial charge in [-0.15, -0.1) is 20.4 Å². The number of nitrogens with zero attached hydrogens (tertiary/aromatic N) is 6. The summed E-state index contributed by atoms with van der Waals surface area (Å²) in [6, 6.07) is 20.3. The van der Waals surface area contributed by atoms with Gasteiger partial charge in [0, 0.05) is 31.8 Å². The Labute approximate surface area is 235 Å². The SMILES string of the molecule is O=C(Cc1cccc(Cn2cccn2)c1)Nc1nnc(CCCCc2nnc(NCCc3ccccc3)s2)s1. The predicted octanol–water partition coefficient (Wildman–Crippen LogP) is 5.04. The summed E-state index contributed by atoms with van der Waals surface area (Å²) >= 11 is 3.05. The van der Waals surface area contributed by atoms with E-state index < -0.39 is 0 Å². The molecular formula is C28H30N8OS2. The molecule has 9 nitrogen and oxygen atoms in total. The molecule has 0 radical (unpaired) electrons. The third kappa shape index (κ3) is 8.52. The summed E-state index contributed by atoms with van der Waals surface area (Å²) in [5.74, 6) is -0.0987. The molecule has 0 aliphatic heterocycles. The van der Waals surface area contributed by atoms with Gasteiger partial charge in [-0.25, -0.2) is 0 Å². The van der Waals surface area contributed by atoms with Crippen LogP contribution in [0.15, 0.2) is 73.1 Å². The van der Waals surface area contributed by atoms with Gasteiger partial charge in [0.1, 0.15) is 10.0 Å². The van der Waals surface area contributed by atoms with Crippen molar-refractivity contribution >= 4 is 38.8 Å². The van der Waals surface area contributed by atoms with E-state index in [1.807, 2.05) is 47.3 Å². The van der Waals surface area contributed by atoms with Crippen molar-refractivity contribution < 1.29 is 4.79 Å². The number of amides is 1. The zero-order chi connectivity index (χ0) is 26.7. The molecule has 0 fully saturated rings. The molecule has 5 aromatic rings. The van der Waals surface area contributed by atoms with Gasteiger partial charge in [-0.2, -0.15) is 5.10 Å². The van der Waals surface area contributed by atoms with Gasteiger partial charge in [-0.3, -0.25) is 9.48 Å². The number of hydrogen-bond donors (Lipinski definition) is 2. The number of anilines is 2. The second-order valence-corrected chi connectivity index (χ2v) is 11.2. The Morgan fingerprint density at radius 1 is 0.769 bits per heavy atom. The van der Waals surface area contributed by atoms with Crippen LogP contribution in [0.4, 0.5) is 10.3 Å². The lowest BCUT2D eigenvalue weighted by Crippen LogP contribution is -2.14. The van der Waals surface area contributed by atoms with Gasteiger partial charge in [0.15, 0.2) is 0 Å². The Kier molecular flexibility index (Phi) is 9.37.